The highest BCUT2D eigenvalue weighted by Gasteiger charge is 2.34. The zero-order valence-electron chi connectivity index (χ0n) is 12.1. The van der Waals surface area contributed by atoms with E-state index in [0.717, 1.165) is 24.3 Å². The number of benzene rings is 2. The third-order valence-corrected chi connectivity index (χ3v) is 3.26. The highest BCUT2D eigenvalue weighted by molar-refractivity contribution is 6.28. The topological polar surface area (TPSA) is 46.6 Å². The molecule has 1 aliphatic rings. The number of imide groups is 1. The minimum absolute atomic E-state index is 0.126. The van der Waals surface area contributed by atoms with E-state index in [1.54, 1.807) is 30.3 Å². The van der Waals surface area contributed by atoms with Gasteiger partial charge in [0.2, 0.25) is 0 Å². The molecule has 0 bridgehead atoms. The van der Waals surface area contributed by atoms with Crippen LogP contribution in [0.1, 0.15) is 5.56 Å². The molecule has 4 nitrogen and oxygen atoms in total. The van der Waals surface area contributed by atoms with Gasteiger partial charge >= 0.3 is 6.18 Å². The van der Waals surface area contributed by atoms with Gasteiger partial charge in [0.1, 0.15) is 11.5 Å². The van der Waals surface area contributed by atoms with E-state index in [4.69, 9.17) is 4.74 Å². The molecular weight excluding hydrogens is 323 g/mol. The second-order valence-corrected chi connectivity index (χ2v) is 4.97. The number of ether oxygens (including phenoxy) is 1. The van der Waals surface area contributed by atoms with E-state index in [9.17, 15) is 22.8 Å². The third kappa shape index (κ3) is 3.15. The van der Waals surface area contributed by atoms with Crippen LogP contribution in [0.3, 0.4) is 0 Å². The maximum absolute atomic E-state index is 13.1. The number of anilines is 1. The van der Waals surface area contributed by atoms with E-state index >= 15 is 0 Å². The van der Waals surface area contributed by atoms with Gasteiger partial charge in [-0.2, -0.15) is 13.2 Å². The minimum Gasteiger partial charge on any atom is -0.457 e. The molecule has 0 saturated carbocycles. The highest BCUT2D eigenvalue weighted by Crippen LogP contribution is 2.37. The fourth-order valence-electron chi connectivity index (χ4n) is 2.21. The van der Waals surface area contributed by atoms with Crippen molar-refractivity contribution in [3.8, 4) is 11.5 Å². The summed E-state index contributed by atoms with van der Waals surface area (Å²) in [5.74, 6) is -1.20. The lowest BCUT2D eigenvalue weighted by atomic mass is 10.1. The van der Waals surface area contributed by atoms with Crippen molar-refractivity contribution in [2.45, 2.75) is 6.18 Å². The Morgan fingerprint density at radius 3 is 2.04 bits per heavy atom. The number of carbonyl (C=O) groups excluding carboxylic acids is 2. The van der Waals surface area contributed by atoms with Crippen molar-refractivity contribution < 1.29 is 27.5 Å². The first-order valence-corrected chi connectivity index (χ1v) is 6.86. The highest BCUT2D eigenvalue weighted by atomic mass is 19.4. The Bertz CT molecular complexity index is 811. The Hall–Kier alpha value is -3.09. The number of nitrogens with zero attached hydrogens (tertiary/aromatic N) is 1. The molecule has 0 saturated heterocycles. The zero-order chi connectivity index (χ0) is 17.3. The van der Waals surface area contributed by atoms with Crippen LogP contribution in [0.25, 0.3) is 0 Å². The summed E-state index contributed by atoms with van der Waals surface area (Å²) in [6.07, 6.45) is -2.65. The Labute approximate surface area is 134 Å². The van der Waals surface area contributed by atoms with Crippen molar-refractivity contribution in [2.75, 3.05) is 4.90 Å². The quantitative estimate of drug-likeness (QED) is 0.800. The fraction of sp³-hybridized carbons (Fsp3) is 0.0588. The van der Waals surface area contributed by atoms with E-state index in [1.807, 2.05) is 0 Å². The SMILES string of the molecule is O=C1C=CC(=O)N1c1cc(Oc2ccccc2)cc(C(F)(F)F)c1. The summed E-state index contributed by atoms with van der Waals surface area (Å²) in [5, 5.41) is 0. The first-order chi connectivity index (χ1) is 11.3. The fourth-order valence-corrected chi connectivity index (χ4v) is 2.21. The smallest absolute Gasteiger partial charge is 0.416 e. The largest absolute Gasteiger partial charge is 0.457 e. The van der Waals surface area contributed by atoms with Crippen molar-refractivity contribution in [3.05, 3.63) is 66.2 Å². The van der Waals surface area contributed by atoms with Gasteiger partial charge in [0.05, 0.1) is 11.3 Å². The lowest BCUT2D eigenvalue weighted by Gasteiger charge is -2.18. The van der Waals surface area contributed by atoms with Crippen LogP contribution >= 0.6 is 0 Å². The molecule has 1 aliphatic heterocycles. The van der Waals surface area contributed by atoms with E-state index in [-0.39, 0.29) is 11.4 Å². The molecule has 0 unspecified atom stereocenters. The summed E-state index contributed by atoms with van der Waals surface area (Å²) in [5.41, 5.74) is -1.21. The van der Waals surface area contributed by atoms with E-state index in [2.05, 4.69) is 0 Å². The van der Waals surface area contributed by atoms with Gasteiger partial charge < -0.3 is 4.74 Å². The van der Waals surface area contributed by atoms with Crippen LogP contribution in [0, 0.1) is 0 Å². The molecule has 1 heterocycles. The molecule has 122 valence electrons. The molecule has 0 aromatic heterocycles. The number of para-hydroxylation sites is 1. The predicted octanol–water partition coefficient (Wildman–Crippen LogP) is 3.93. The van der Waals surface area contributed by atoms with E-state index in [0.29, 0.717) is 10.6 Å². The van der Waals surface area contributed by atoms with Crippen molar-refractivity contribution in [2.24, 2.45) is 0 Å². The van der Waals surface area contributed by atoms with Gasteiger partial charge in [0, 0.05) is 18.2 Å². The number of rotatable bonds is 3. The van der Waals surface area contributed by atoms with Gasteiger partial charge in [-0.25, -0.2) is 4.90 Å². The lowest BCUT2D eigenvalue weighted by Crippen LogP contribution is -2.29. The molecule has 2 aromatic carbocycles. The molecule has 2 aromatic rings. The monoisotopic (exact) mass is 333 g/mol. The van der Waals surface area contributed by atoms with Gasteiger partial charge in [-0.1, -0.05) is 18.2 Å². The standard InChI is InChI=1S/C17H10F3NO3/c18-17(19,20)11-8-12(21-15(22)6-7-16(21)23)10-14(9-11)24-13-4-2-1-3-5-13/h1-10H. The molecule has 0 N–H and O–H groups in total. The summed E-state index contributed by atoms with van der Waals surface area (Å²) in [4.78, 5) is 24.1. The number of hydrogen-bond acceptors (Lipinski definition) is 3. The van der Waals surface area contributed by atoms with Crippen molar-refractivity contribution in [3.63, 3.8) is 0 Å². The van der Waals surface area contributed by atoms with Crippen LogP contribution in [0.4, 0.5) is 18.9 Å². The Balaban J connectivity index is 2.04. The van der Waals surface area contributed by atoms with Gasteiger partial charge in [0.15, 0.2) is 0 Å². The maximum atomic E-state index is 13.1. The molecule has 3 rings (SSSR count). The van der Waals surface area contributed by atoms with Crippen LogP contribution in [-0.4, -0.2) is 11.8 Å². The second kappa shape index (κ2) is 5.84. The van der Waals surface area contributed by atoms with E-state index < -0.39 is 23.6 Å². The lowest BCUT2D eigenvalue weighted by molar-refractivity contribution is -0.137. The maximum Gasteiger partial charge on any atom is 0.416 e. The Morgan fingerprint density at radius 1 is 0.833 bits per heavy atom. The normalized spacial score (nSPS) is 14.4. The number of carbonyl (C=O) groups is 2. The molecule has 2 amide bonds. The Morgan fingerprint density at radius 2 is 1.46 bits per heavy atom. The molecule has 24 heavy (non-hydrogen) atoms. The number of hydrogen-bond donors (Lipinski definition) is 0. The first kappa shape index (κ1) is 15.8. The van der Waals surface area contributed by atoms with Crippen molar-refractivity contribution in [1.29, 1.82) is 0 Å². The number of alkyl halides is 3. The average Bonchev–Trinajstić information content (AvgIpc) is 2.86. The zero-order valence-corrected chi connectivity index (χ0v) is 12.1. The van der Waals surface area contributed by atoms with Crippen LogP contribution in [0.5, 0.6) is 11.5 Å². The van der Waals surface area contributed by atoms with Crippen molar-refractivity contribution >= 4 is 17.5 Å². The summed E-state index contributed by atoms with van der Waals surface area (Å²) < 4.78 is 44.7. The molecule has 0 atom stereocenters. The van der Waals surface area contributed by atoms with Crippen LogP contribution < -0.4 is 9.64 Å². The van der Waals surface area contributed by atoms with Crippen LogP contribution in [0.2, 0.25) is 0 Å². The number of amides is 2. The molecule has 0 fully saturated rings. The van der Waals surface area contributed by atoms with Gasteiger partial charge in [0.25, 0.3) is 11.8 Å². The minimum atomic E-state index is -4.65. The summed E-state index contributed by atoms with van der Waals surface area (Å²) in [7, 11) is 0. The third-order valence-electron chi connectivity index (χ3n) is 3.26. The summed E-state index contributed by atoms with van der Waals surface area (Å²) >= 11 is 0. The summed E-state index contributed by atoms with van der Waals surface area (Å²) in [6.45, 7) is 0. The molecule has 0 aliphatic carbocycles. The van der Waals surface area contributed by atoms with Crippen LogP contribution in [-0.2, 0) is 15.8 Å². The van der Waals surface area contributed by atoms with Gasteiger partial charge in [-0.3, -0.25) is 9.59 Å². The Kier molecular flexibility index (Phi) is 3.84. The average molecular weight is 333 g/mol. The molecule has 0 spiro atoms. The second-order valence-electron chi connectivity index (χ2n) is 4.97. The molecular formula is C17H10F3NO3. The van der Waals surface area contributed by atoms with Crippen molar-refractivity contribution in [1.82, 2.24) is 0 Å². The predicted molar refractivity (Wildman–Crippen MR) is 79.6 cm³/mol. The molecule has 7 heteroatoms. The van der Waals surface area contributed by atoms with E-state index in [1.165, 1.54) is 6.07 Å². The first-order valence-electron chi connectivity index (χ1n) is 6.86. The van der Waals surface area contributed by atoms with Gasteiger partial charge in [-0.15, -0.1) is 0 Å². The summed E-state index contributed by atoms with van der Waals surface area (Å²) in [6, 6.07) is 11.0. The molecule has 0 radical (unpaired) electrons. The van der Waals surface area contributed by atoms with Gasteiger partial charge in [-0.05, 0) is 24.3 Å². The van der Waals surface area contributed by atoms with Crippen LogP contribution in [0.15, 0.2) is 60.7 Å². The number of halogens is 3.